The lowest BCUT2D eigenvalue weighted by Gasteiger charge is -2.31. The highest BCUT2D eigenvalue weighted by atomic mass is 15.0. The Morgan fingerprint density at radius 1 is 0.389 bits per heavy atom. The van der Waals surface area contributed by atoms with Crippen LogP contribution in [0.15, 0.2) is 158 Å². The van der Waals surface area contributed by atoms with Crippen LogP contribution in [-0.4, -0.2) is 19.1 Å². The maximum absolute atomic E-state index is 4.72. The summed E-state index contributed by atoms with van der Waals surface area (Å²) in [5, 5.41) is 5.26. The highest BCUT2D eigenvalue weighted by molar-refractivity contribution is 6.16. The third kappa shape index (κ3) is 4.19. The van der Waals surface area contributed by atoms with Gasteiger partial charge in [0, 0.05) is 56.4 Å². The number of para-hydroxylation sites is 2. The molecule has 2 aliphatic carbocycles. The van der Waals surface area contributed by atoms with Crippen molar-refractivity contribution < 1.29 is 0 Å². The van der Waals surface area contributed by atoms with Crippen LogP contribution < -0.4 is 0 Å². The van der Waals surface area contributed by atoms with Gasteiger partial charge in [-0.2, -0.15) is 0 Å². The van der Waals surface area contributed by atoms with Crippen LogP contribution in [0.3, 0.4) is 0 Å². The van der Waals surface area contributed by atoms with Gasteiger partial charge in [0.2, 0.25) is 0 Å². The lowest BCUT2D eigenvalue weighted by atomic mass is 9.74. The number of nitrogens with zero attached hydrogens (tertiary/aromatic N) is 4. The molecule has 0 radical (unpaired) electrons. The summed E-state index contributed by atoms with van der Waals surface area (Å²) in [4.78, 5) is 9.43. The number of aryl methyl sites for hydroxylation is 4. The Labute approximate surface area is 312 Å². The average Bonchev–Trinajstić information content (AvgIpc) is 3.75. The molecular formula is C50H34N4. The number of benzene rings is 6. The van der Waals surface area contributed by atoms with Crippen LogP contribution >= 0.6 is 0 Å². The van der Waals surface area contributed by atoms with E-state index in [1.165, 1.54) is 88.4 Å². The van der Waals surface area contributed by atoms with E-state index in [4.69, 9.17) is 9.97 Å². The third-order valence-electron chi connectivity index (χ3n) is 12.0. The molecule has 0 amide bonds. The average molecular weight is 691 g/mol. The van der Waals surface area contributed by atoms with Crippen molar-refractivity contribution in [3.63, 3.8) is 0 Å². The third-order valence-corrected chi connectivity index (χ3v) is 12.0. The molecule has 4 heteroatoms. The Balaban J connectivity index is 1.17. The van der Waals surface area contributed by atoms with E-state index in [-0.39, 0.29) is 0 Å². The van der Waals surface area contributed by atoms with Gasteiger partial charge >= 0.3 is 0 Å². The molecule has 12 rings (SSSR count). The smallest absolute Gasteiger partial charge is 0.0702 e. The largest absolute Gasteiger partial charge is 0.309 e. The Morgan fingerprint density at radius 2 is 0.833 bits per heavy atom. The zero-order valence-electron chi connectivity index (χ0n) is 29.6. The van der Waals surface area contributed by atoms with E-state index in [9.17, 15) is 0 Å². The molecular weight excluding hydrogens is 657 g/mol. The monoisotopic (exact) mass is 690 g/mol. The zero-order chi connectivity index (χ0) is 35.3. The van der Waals surface area contributed by atoms with Crippen LogP contribution in [0.25, 0.3) is 88.6 Å². The van der Waals surface area contributed by atoms with Gasteiger partial charge in [0.25, 0.3) is 0 Å². The molecule has 0 saturated carbocycles. The molecule has 0 aliphatic heterocycles. The second-order valence-electron chi connectivity index (χ2n) is 14.8. The minimum Gasteiger partial charge on any atom is -0.309 e. The van der Waals surface area contributed by atoms with Gasteiger partial charge in [-0.25, -0.2) is 0 Å². The van der Waals surface area contributed by atoms with Crippen LogP contribution in [0.4, 0.5) is 0 Å². The van der Waals surface area contributed by atoms with Crippen molar-refractivity contribution in [1.29, 1.82) is 0 Å². The van der Waals surface area contributed by atoms with Crippen molar-refractivity contribution in [2.24, 2.45) is 0 Å². The van der Waals surface area contributed by atoms with Crippen LogP contribution in [-0.2, 0) is 25.7 Å². The summed E-state index contributed by atoms with van der Waals surface area (Å²) in [5.41, 5.74) is 20.7. The number of hydrogen-bond donors (Lipinski definition) is 0. The van der Waals surface area contributed by atoms with Gasteiger partial charge < -0.3 is 9.13 Å². The number of fused-ring (bicyclic) bond motifs is 8. The predicted molar refractivity (Wildman–Crippen MR) is 222 cm³/mol. The van der Waals surface area contributed by atoms with E-state index in [2.05, 4.69) is 143 Å². The van der Waals surface area contributed by atoms with Gasteiger partial charge in [-0.1, -0.05) is 60.7 Å². The summed E-state index contributed by atoms with van der Waals surface area (Å²) < 4.78 is 5.06. The molecule has 4 nitrogen and oxygen atoms in total. The van der Waals surface area contributed by atoms with E-state index in [0.717, 1.165) is 48.2 Å². The molecule has 0 saturated heterocycles. The second-order valence-corrected chi connectivity index (χ2v) is 14.8. The molecule has 0 bridgehead atoms. The van der Waals surface area contributed by atoms with Gasteiger partial charge in [0.15, 0.2) is 0 Å². The zero-order valence-corrected chi connectivity index (χ0v) is 29.6. The molecule has 4 heterocycles. The molecule has 0 fully saturated rings. The molecule has 4 aromatic heterocycles. The fraction of sp³-hybridized carbons (Fsp3) is 0.0800. The minimum absolute atomic E-state index is 1.00. The van der Waals surface area contributed by atoms with Gasteiger partial charge in [-0.05, 0) is 144 Å². The molecule has 254 valence electrons. The molecule has 0 spiro atoms. The number of pyridine rings is 2. The van der Waals surface area contributed by atoms with Crippen molar-refractivity contribution in [2.75, 3.05) is 0 Å². The van der Waals surface area contributed by atoms with Gasteiger partial charge in [-0.3, -0.25) is 9.97 Å². The highest BCUT2D eigenvalue weighted by Crippen LogP contribution is 2.51. The van der Waals surface area contributed by atoms with E-state index in [1.54, 1.807) is 0 Å². The van der Waals surface area contributed by atoms with Crippen molar-refractivity contribution >= 4 is 43.6 Å². The van der Waals surface area contributed by atoms with E-state index >= 15 is 0 Å². The quantitative estimate of drug-likeness (QED) is 0.184. The van der Waals surface area contributed by atoms with Crippen molar-refractivity contribution in [1.82, 2.24) is 19.1 Å². The lowest BCUT2D eigenvalue weighted by Crippen LogP contribution is -2.16. The Hall–Kier alpha value is -6.78. The number of rotatable bonds is 4. The molecule has 10 aromatic rings. The first kappa shape index (κ1) is 29.8. The standard InChI is InChI=1S/C50H34N4/c1-3-11-35(12-4-1)53-45-23-19-31(43-15-7-9-25-51-43)27-39(45)41-29-33-18-22-38-48-34(17-21-37(47(33)48)49(41)53)30-42-40-28-32(44-16-8-10-26-52-44)20-24-46(40)54(50(38)42)36-13-5-2-6-14-36/h1-16,19-20,23-30H,17-18,21-22H2. The van der Waals surface area contributed by atoms with Gasteiger partial charge in [-0.15, -0.1) is 0 Å². The molecule has 6 aromatic carbocycles. The number of aromatic nitrogens is 4. The van der Waals surface area contributed by atoms with Crippen LogP contribution in [0.2, 0.25) is 0 Å². The number of hydrogen-bond acceptors (Lipinski definition) is 2. The summed E-state index contributed by atoms with van der Waals surface area (Å²) >= 11 is 0. The summed E-state index contributed by atoms with van der Waals surface area (Å²) in [6.07, 6.45) is 7.80. The fourth-order valence-corrected chi connectivity index (χ4v) is 9.73. The Bertz CT molecular complexity index is 2910. The van der Waals surface area contributed by atoms with E-state index < -0.39 is 0 Å². The summed E-state index contributed by atoms with van der Waals surface area (Å²) in [6, 6.07) is 53.1. The first-order chi connectivity index (χ1) is 26.8. The molecule has 0 N–H and O–H groups in total. The second kappa shape index (κ2) is 11.4. The van der Waals surface area contributed by atoms with Crippen molar-refractivity contribution in [3.05, 3.63) is 180 Å². The molecule has 0 atom stereocenters. The first-order valence-corrected chi connectivity index (χ1v) is 19.0. The normalized spacial score (nSPS) is 13.3. The predicted octanol–water partition coefficient (Wildman–Crippen LogP) is 11.9. The maximum Gasteiger partial charge on any atom is 0.0702 e. The van der Waals surface area contributed by atoms with Gasteiger partial charge in [0.05, 0.1) is 33.5 Å². The van der Waals surface area contributed by atoms with Crippen molar-refractivity contribution in [2.45, 2.75) is 25.7 Å². The maximum atomic E-state index is 4.72. The molecule has 0 unspecified atom stereocenters. The fourth-order valence-electron chi connectivity index (χ4n) is 9.73. The summed E-state index contributed by atoms with van der Waals surface area (Å²) in [7, 11) is 0. The Morgan fingerprint density at radius 3 is 1.26 bits per heavy atom. The SMILES string of the molecule is c1ccc(-n2c3ccc(-c4ccccn4)cc3c3cc4c5c(c32)CCc2cc3c6cc(-c7ccccn7)ccc6n(-c6ccccc6)c3c(c2-5)CC4)cc1. The highest BCUT2D eigenvalue weighted by Gasteiger charge is 2.33. The van der Waals surface area contributed by atoms with Crippen LogP contribution in [0, 0.1) is 0 Å². The summed E-state index contributed by atoms with van der Waals surface area (Å²) in [5.74, 6) is 0. The van der Waals surface area contributed by atoms with E-state index in [1.807, 2.05) is 24.5 Å². The topological polar surface area (TPSA) is 35.6 Å². The van der Waals surface area contributed by atoms with Crippen molar-refractivity contribution in [3.8, 4) is 45.0 Å². The Kier molecular flexibility index (Phi) is 6.26. The summed E-state index contributed by atoms with van der Waals surface area (Å²) in [6.45, 7) is 0. The first-order valence-electron chi connectivity index (χ1n) is 19.0. The van der Waals surface area contributed by atoms with Gasteiger partial charge in [0.1, 0.15) is 0 Å². The van der Waals surface area contributed by atoms with Crippen LogP contribution in [0.1, 0.15) is 22.3 Å². The molecule has 2 aliphatic rings. The lowest BCUT2D eigenvalue weighted by molar-refractivity contribution is 0.883. The molecule has 54 heavy (non-hydrogen) atoms. The van der Waals surface area contributed by atoms with E-state index in [0.29, 0.717) is 0 Å². The van der Waals surface area contributed by atoms with Crippen LogP contribution in [0.5, 0.6) is 0 Å². The minimum atomic E-state index is 1.00.